The molecule has 194 valence electrons. The molecule has 4 rings (SSSR count). The summed E-state index contributed by atoms with van der Waals surface area (Å²) in [5.41, 5.74) is 9.86. The Balaban J connectivity index is 0.000000348. The number of unbranched alkanes of at least 4 members (excludes halogenated alkanes) is 2. The highest BCUT2D eigenvalue weighted by atomic mass is 16.5. The Bertz CT molecular complexity index is 699. The molecule has 2 unspecified atom stereocenters. The fourth-order valence-electron chi connectivity index (χ4n) is 5.29. The van der Waals surface area contributed by atoms with Crippen LogP contribution in [0, 0.1) is 5.92 Å². The highest BCUT2D eigenvalue weighted by molar-refractivity contribution is 5.79. The van der Waals surface area contributed by atoms with Gasteiger partial charge in [0.2, 0.25) is 5.91 Å². The Morgan fingerprint density at radius 3 is 2.47 bits per heavy atom. The molecule has 0 aromatic carbocycles. The van der Waals surface area contributed by atoms with E-state index in [1.54, 1.807) is 7.11 Å². The first-order valence-corrected chi connectivity index (χ1v) is 14.0. The molecule has 2 fully saturated rings. The minimum atomic E-state index is 0.149. The molecule has 0 saturated heterocycles. The quantitative estimate of drug-likeness (QED) is 0.487. The fourth-order valence-corrected chi connectivity index (χ4v) is 5.29. The number of rotatable bonds is 6. The standard InChI is InChI=1S/C20H29N3O.C6H14O.C3H8/c21-18-7-6-15(11-18)20(24)23-9-8-19-17(13-23)10-16(12-22-19)14-4-2-1-3-5-14;1-3-4-5-6-7-2;1-3-2/h10,12,14-15,18H,1-9,11,13,21H2;3-6H2,1-2H3;3H2,1-2H3. The molecular weight excluding hydrogens is 422 g/mol. The van der Waals surface area contributed by atoms with Gasteiger partial charge in [-0.25, -0.2) is 0 Å². The van der Waals surface area contributed by atoms with Gasteiger partial charge in [-0.1, -0.05) is 65.4 Å². The summed E-state index contributed by atoms with van der Waals surface area (Å²) >= 11 is 0. The number of nitrogens with two attached hydrogens (primary N) is 1. The van der Waals surface area contributed by atoms with Crippen molar-refractivity contribution >= 4 is 5.91 Å². The van der Waals surface area contributed by atoms with E-state index in [2.05, 4.69) is 37.9 Å². The van der Waals surface area contributed by atoms with Crippen LogP contribution in [-0.4, -0.2) is 42.1 Å². The number of carbonyl (C=O) groups is 1. The van der Waals surface area contributed by atoms with Crippen molar-refractivity contribution < 1.29 is 9.53 Å². The molecule has 3 aliphatic rings. The normalized spacial score (nSPS) is 22.2. The molecule has 2 N–H and O–H groups in total. The summed E-state index contributed by atoms with van der Waals surface area (Å²) in [7, 11) is 1.75. The molecule has 2 aliphatic carbocycles. The van der Waals surface area contributed by atoms with Gasteiger partial charge in [0.1, 0.15) is 0 Å². The molecule has 2 heterocycles. The first-order valence-electron chi connectivity index (χ1n) is 14.0. The maximum Gasteiger partial charge on any atom is 0.226 e. The number of fused-ring (bicyclic) bond motifs is 1. The van der Waals surface area contributed by atoms with Gasteiger partial charge in [0.25, 0.3) is 0 Å². The van der Waals surface area contributed by atoms with Crippen LogP contribution >= 0.6 is 0 Å². The zero-order chi connectivity index (χ0) is 24.8. The predicted molar refractivity (Wildman–Crippen MR) is 142 cm³/mol. The lowest BCUT2D eigenvalue weighted by Gasteiger charge is -2.31. The van der Waals surface area contributed by atoms with Crippen molar-refractivity contribution in [2.75, 3.05) is 20.3 Å². The van der Waals surface area contributed by atoms with E-state index in [9.17, 15) is 4.79 Å². The van der Waals surface area contributed by atoms with E-state index in [0.717, 1.165) is 45.4 Å². The number of methoxy groups -OCH3 is 1. The Hall–Kier alpha value is -1.46. The molecule has 2 saturated carbocycles. The van der Waals surface area contributed by atoms with E-state index in [-0.39, 0.29) is 12.0 Å². The fraction of sp³-hybridized carbons (Fsp3) is 0.793. The lowest BCUT2D eigenvalue weighted by molar-refractivity contribution is -0.136. The number of pyridine rings is 1. The third-order valence-corrected chi connectivity index (χ3v) is 7.22. The van der Waals surface area contributed by atoms with Gasteiger partial charge in [-0.05, 0) is 55.6 Å². The molecule has 2 atom stereocenters. The van der Waals surface area contributed by atoms with Gasteiger partial charge in [-0.3, -0.25) is 9.78 Å². The Kier molecular flexibility index (Phi) is 13.8. The summed E-state index contributed by atoms with van der Waals surface area (Å²) in [5, 5.41) is 0. The van der Waals surface area contributed by atoms with E-state index in [4.69, 9.17) is 15.5 Å². The first kappa shape index (κ1) is 28.8. The summed E-state index contributed by atoms with van der Waals surface area (Å²) in [6.07, 6.45) is 17.5. The summed E-state index contributed by atoms with van der Waals surface area (Å²) < 4.78 is 4.84. The van der Waals surface area contributed by atoms with Crippen LogP contribution in [0.3, 0.4) is 0 Å². The minimum absolute atomic E-state index is 0.149. The third kappa shape index (κ3) is 9.30. The topological polar surface area (TPSA) is 68.5 Å². The molecule has 0 bridgehead atoms. The second-order valence-corrected chi connectivity index (χ2v) is 10.4. The van der Waals surface area contributed by atoms with Gasteiger partial charge in [-0.2, -0.15) is 0 Å². The van der Waals surface area contributed by atoms with Crippen LogP contribution in [0.4, 0.5) is 0 Å². The lowest BCUT2D eigenvalue weighted by Crippen LogP contribution is -2.39. The predicted octanol–water partition coefficient (Wildman–Crippen LogP) is 6.38. The van der Waals surface area contributed by atoms with Gasteiger partial charge in [0.05, 0.1) is 0 Å². The van der Waals surface area contributed by atoms with Crippen molar-refractivity contribution in [1.82, 2.24) is 9.88 Å². The van der Waals surface area contributed by atoms with Crippen LogP contribution in [0.25, 0.3) is 0 Å². The number of hydrogen-bond donors (Lipinski definition) is 1. The van der Waals surface area contributed by atoms with Crippen molar-refractivity contribution in [2.24, 2.45) is 11.7 Å². The summed E-state index contributed by atoms with van der Waals surface area (Å²) in [5.74, 6) is 1.14. The van der Waals surface area contributed by atoms with Crippen molar-refractivity contribution in [3.63, 3.8) is 0 Å². The van der Waals surface area contributed by atoms with Crippen molar-refractivity contribution in [3.8, 4) is 0 Å². The SMILES string of the molecule is CCC.CCCCCOC.NC1CCC(C(=O)N2CCc3ncc(C4CCCCC4)cc3C2)C1. The van der Waals surface area contributed by atoms with E-state index < -0.39 is 0 Å². The molecule has 1 aromatic heterocycles. The second kappa shape index (κ2) is 16.3. The van der Waals surface area contributed by atoms with Crippen molar-refractivity contribution in [1.29, 1.82) is 0 Å². The van der Waals surface area contributed by atoms with Gasteiger partial charge in [0.15, 0.2) is 0 Å². The minimum Gasteiger partial charge on any atom is -0.385 e. The molecule has 1 amide bonds. The third-order valence-electron chi connectivity index (χ3n) is 7.22. The summed E-state index contributed by atoms with van der Waals surface area (Å²) in [4.78, 5) is 19.6. The van der Waals surface area contributed by atoms with Gasteiger partial charge in [-0.15, -0.1) is 0 Å². The number of carbonyl (C=O) groups excluding carboxylic acids is 1. The monoisotopic (exact) mass is 473 g/mol. The second-order valence-electron chi connectivity index (χ2n) is 10.4. The van der Waals surface area contributed by atoms with E-state index in [0.29, 0.717) is 11.8 Å². The highest BCUT2D eigenvalue weighted by Crippen LogP contribution is 2.34. The lowest BCUT2D eigenvalue weighted by atomic mass is 9.84. The largest absolute Gasteiger partial charge is 0.385 e. The Morgan fingerprint density at radius 2 is 1.85 bits per heavy atom. The maximum atomic E-state index is 12.8. The molecule has 0 radical (unpaired) electrons. The van der Waals surface area contributed by atoms with Gasteiger partial charge >= 0.3 is 0 Å². The molecular formula is C29H51N3O2. The Labute approximate surface area is 209 Å². The zero-order valence-corrected chi connectivity index (χ0v) is 22.5. The Morgan fingerprint density at radius 1 is 1.12 bits per heavy atom. The number of ether oxygens (including phenoxy) is 1. The molecule has 34 heavy (non-hydrogen) atoms. The molecule has 0 spiro atoms. The van der Waals surface area contributed by atoms with Crippen LogP contribution in [0.5, 0.6) is 0 Å². The van der Waals surface area contributed by atoms with Gasteiger partial charge in [0, 0.05) is 57.1 Å². The smallest absolute Gasteiger partial charge is 0.226 e. The van der Waals surface area contributed by atoms with E-state index >= 15 is 0 Å². The average molecular weight is 474 g/mol. The zero-order valence-electron chi connectivity index (χ0n) is 22.5. The van der Waals surface area contributed by atoms with Crippen LogP contribution in [0.15, 0.2) is 12.3 Å². The maximum absolute atomic E-state index is 12.8. The molecule has 1 aromatic rings. The van der Waals surface area contributed by atoms with E-state index in [1.165, 1.54) is 74.6 Å². The number of amides is 1. The molecule has 1 aliphatic heterocycles. The highest BCUT2D eigenvalue weighted by Gasteiger charge is 2.32. The average Bonchev–Trinajstić information content (AvgIpc) is 3.31. The number of hydrogen-bond acceptors (Lipinski definition) is 4. The van der Waals surface area contributed by atoms with Crippen LogP contribution < -0.4 is 5.73 Å². The summed E-state index contributed by atoms with van der Waals surface area (Å²) in [6.45, 7) is 8.92. The van der Waals surface area contributed by atoms with Crippen LogP contribution in [-0.2, 0) is 22.5 Å². The number of aromatic nitrogens is 1. The summed E-state index contributed by atoms with van der Waals surface area (Å²) in [6, 6.07) is 2.56. The van der Waals surface area contributed by atoms with Crippen LogP contribution in [0.1, 0.15) is 121 Å². The first-order chi connectivity index (χ1) is 16.5. The van der Waals surface area contributed by atoms with Gasteiger partial charge < -0.3 is 15.4 Å². The number of nitrogens with zero attached hydrogens (tertiary/aromatic N) is 2. The van der Waals surface area contributed by atoms with Crippen LogP contribution in [0.2, 0.25) is 0 Å². The molecule has 5 heteroatoms. The molecule has 5 nitrogen and oxygen atoms in total. The van der Waals surface area contributed by atoms with Crippen molar-refractivity contribution in [2.45, 2.75) is 123 Å². The van der Waals surface area contributed by atoms with E-state index in [1.807, 2.05) is 0 Å². The van der Waals surface area contributed by atoms with Crippen molar-refractivity contribution in [3.05, 3.63) is 29.1 Å².